The third-order valence-electron chi connectivity index (χ3n) is 3.17. The van der Waals surface area contributed by atoms with Gasteiger partial charge in [-0.3, -0.25) is 4.79 Å². The number of amides is 1. The van der Waals surface area contributed by atoms with Crippen molar-refractivity contribution in [3.8, 4) is 0 Å². The van der Waals surface area contributed by atoms with Crippen molar-refractivity contribution in [3.63, 3.8) is 0 Å². The number of carbonyl (C=O) groups excluding carboxylic acids is 1. The van der Waals surface area contributed by atoms with Gasteiger partial charge in [0.15, 0.2) is 0 Å². The van der Waals surface area contributed by atoms with E-state index in [2.05, 4.69) is 26.2 Å². The Morgan fingerprint density at radius 1 is 1.10 bits per heavy atom. The molecule has 3 aromatic rings. The summed E-state index contributed by atoms with van der Waals surface area (Å²) in [5.74, 6) is -0.257. The fourth-order valence-electron chi connectivity index (χ4n) is 2.12. The van der Waals surface area contributed by atoms with Crippen LogP contribution in [0.4, 0.5) is 11.4 Å². The molecule has 21 heavy (non-hydrogen) atoms. The van der Waals surface area contributed by atoms with E-state index in [1.54, 1.807) is 24.4 Å². The normalized spacial score (nSPS) is 10.5. The Bertz CT molecular complexity index is 833. The van der Waals surface area contributed by atoms with Crippen molar-refractivity contribution in [2.75, 3.05) is 11.1 Å². The molecule has 0 aliphatic carbocycles. The molecule has 0 bridgehead atoms. The lowest BCUT2D eigenvalue weighted by molar-refractivity contribution is 0.102. The molecule has 0 saturated heterocycles. The van der Waals surface area contributed by atoms with Crippen molar-refractivity contribution in [1.82, 2.24) is 4.98 Å². The molecule has 4 nitrogen and oxygen atoms in total. The van der Waals surface area contributed by atoms with Crippen LogP contribution < -0.4 is 11.1 Å². The van der Waals surface area contributed by atoms with E-state index in [0.717, 1.165) is 10.8 Å². The summed E-state index contributed by atoms with van der Waals surface area (Å²) < 4.78 is 0.581. The van der Waals surface area contributed by atoms with E-state index in [1.165, 1.54) is 0 Å². The Morgan fingerprint density at radius 2 is 1.81 bits per heavy atom. The Labute approximate surface area is 130 Å². The van der Waals surface area contributed by atoms with Gasteiger partial charge in [-0.15, -0.1) is 0 Å². The number of halogens is 1. The van der Waals surface area contributed by atoms with Crippen LogP contribution in [0, 0.1) is 0 Å². The highest BCUT2D eigenvalue weighted by Crippen LogP contribution is 2.24. The van der Waals surface area contributed by atoms with Crippen LogP contribution in [0.25, 0.3) is 10.8 Å². The predicted molar refractivity (Wildman–Crippen MR) is 88.3 cm³/mol. The summed E-state index contributed by atoms with van der Waals surface area (Å²) >= 11 is 3.30. The van der Waals surface area contributed by atoms with Gasteiger partial charge < -0.3 is 11.1 Å². The van der Waals surface area contributed by atoms with E-state index in [1.807, 2.05) is 30.3 Å². The first-order valence-electron chi connectivity index (χ1n) is 6.35. The SMILES string of the molecule is Nc1cc2ccccc2cc1C(=O)Nc1cccnc1Br. The molecule has 0 aliphatic heterocycles. The number of aromatic nitrogens is 1. The van der Waals surface area contributed by atoms with Gasteiger partial charge in [0.2, 0.25) is 0 Å². The number of pyridine rings is 1. The third-order valence-corrected chi connectivity index (χ3v) is 3.80. The zero-order valence-corrected chi connectivity index (χ0v) is 12.6. The molecular formula is C16H12BrN3O. The molecule has 0 unspecified atom stereocenters. The molecule has 2 aromatic carbocycles. The third kappa shape index (κ3) is 2.73. The fourth-order valence-corrected chi connectivity index (χ4v) is 2.47. The first kappa shape index (κ1) is 13.6. The molecule has 0 saturated carbocycles. The molecule has 1 heterocycles. The van der Waals surface area contributed by atoms with Crippen molar-refractivity contribution < 1.29 is 4.79 Å². The summed E-state index contributed by atoms with van der Waals surface area (Å²) in [5.41, 5.74) is 7.50. The molecule has 104 valence electrons. The number of nitrogen functional groups attached to an aromatic ring is 1. The van der Waals surface area contributed by atoms with Gasteiger partial charge in [-0.05, 0) is 51.0 Å². The molecule has 0 fully saturated rings. The average molecular weight is 342 g/mol. The van der Waals surface area contributed by atoms with Gasteiger partial charge in [0.25, 0.3) is 5.91 Å². The number of nitrogens with one attached hydrogen (secondary N) is 1. The molecule has 0 atom stereocenters. The number of fused-ring (bicyclic) bond motifs is 1. The van der Waals surface area contributed by atoms with Gasteiger partial charge in [-0.1, -0.05) is 24.3 Å². The first-order valence-corrected chi connectivity index (χ1v) is 7.14. The van der Waals surface area contributed by atoms with Crippen molar-refractivity contribution in [2.45, 2.75) is 0 Å². The number of benzene rings is 2. The van der Waals surface area contributed by atoms with E-state index in [4.69, 9.17) is 5.73 Å². The quantitative estimate of drug-likeness (QED) is 0.549. The minimum atomic E-state index is -0.257. The smallest absolute Gasteiger partial charge is 0.257 e. The minimum absolute atomic E-state index is 0.257. The number of anilines is 2. The zero-order valence-electron chi connectivity index (χ0n) is 11.0. The van der Waals surface area contributed by atoms with Crippen LogP contribution in [0.1, 0.15) is 10.4 Å². The van der Waals surface area contributed by atoms with Crippen LogP contribution in [-0.2, 0) is 0 Å². The van der Waals surface area contributed by atoms with E-state index in [-0.39, 0.29) is 5.91 Å². The van der Waals surface area contributed by atoms with Gasteiger partial charge in [0.05, 0.1) is 11.3 Å². The van der Waals surface area contributed by atoms with Gasteiger partial charge in [-0.2, -0.15) is 0 Å². The Balaban J connectivity index is 1.98. The second-order valence-corrected chi connectivity index (χ2v) is 5.33. The summed E-state index contributed by atoms with van der Waals surface area (Å²) in [6.45, 7) is 0. The van der Waals surface area contributed by atoms with E-state index < -0.39 is 0 Å². The maximum atomic E-state index is 12.4. The highest BCUT2D eigenvalue weighted by molar-refractivity contribution is 9.10. The molecule has 1 amide bonds. The number of rotatable bonds is 2. The number of hydrogen-bond acceptors (Lipinski definition) is 3. The van der Waals surface area contributed by atoms with Gasteiger partial charge in [0.1, 0.15) is 4.60 Å². The van der Waals surface area contributed by atoms with E-state index in [0.29, 0.717) is 21.5 Å². The lowest BCUT2D eigenvalue weighted by atomic mass is 10.0. The molecule has 0 aliphatic rings. The number of nitrogens with two attached hydrogens (primary N) is 1. The topological polar surface area (TPSA) is 68.0 Å². The first-order chi connectivity index (χ1) is 10.1. The van der Waals surface area contributed by atoms with Gasteiger partial charge in [-0.25, -0.2) is 4.98 Å². The molecule has 1 aromatic heterocycles. The van der Waals surface area contributed by atoms with Crippen LogP contribution in [0.3, 0.4) is 0 Å². The summed E-state index contributed by atoms with van der Waals surface area (Å²) in [5, 5.41) is 4.79. The van der Waals surface area contributed by atoms with Crippen molar-refractivity contribution in [3.05, 3.63) is 64.9 Å². The Morgan fingerprint density at radius 3 is 2.52 bits per heavy atom. The number of nitrogens with zero attached hydrogens (tertiary/aromatic N) is 1. The second-order valence-electron chi connectivity index (χ2n) is 4.58. The van der Waals surface area contributed by atoms with Crippen LogP contribution in [-0.4, -0.2) is 10.9 Å². The summed E-state index contributed by atoms with van der Waals surface area (Å²) in [7, 11) is 0. The predicted octanol–water partition coefficient (Wildman–Crippen LogP) is 3.83. The molecule has 3 rings (SSSR count). The molecule has 5 heteroatoms. The van der Waals surface area contributed by atoms with Gasteiger partial charge >= 0.3 is 0 Å². The monoisotopic (exact) mass is 341 g/mol. The summed E-state index contributed by atoms with van der Waals surface area (Å²) in [4.78, 5) is 16.5. The van der Waals surface area contributed by atoms with Crippen LogP contribution in [0.5, 0.6) is 0 Å². The highest BCUT2D eigenvalue weighted by atomic mass is 79.9. The summed E-state index contributed by atoms with van der Waals surface area (Å²) in [6.07, 6.45) is 1.64. The van der Waals surface area contributed by atoms with Crippen molar-refractivity contribution in [2.24, 2.45) is 0 Å². The lowest BCUT2D eigenvalue weighted by Crippen LogP contribution is -2.14. The molecule has 3 N–H and O–H groups in total. The average Bonchev–Trinajstić information content (AvgIpc) is 2.49. The molecular weight excluding hydrogens is 330 g/mol. The lowest BCUT2D eigenvalue weighted by Gasteiger charge is -2.10. The molecule has 0 spiro atoms. The largest absolute Gasteiger partial charge is 0.398 e. The maximum absolute atomic E-state index is 12.4. The van der Waals surface area contributed by atoms with Crippen LogP contribution in [0.15, 0.2) is 59.3 Å². The minimum Gasteiger partial charge on any atom is -0.398 e. The number of carbonyl (C=O) groups is 1. The summed E-state index contributed by atoms with van der Waals surface area (Å²) in [6, 6.07) is 14.9. The second kappa shape index (κ2) is 5.54. The zero-order chi connectivity index (χ0) is 14.8. The highest BCUT2D eigenvalue weighted by Gasteiger charge is 2.12. The van der Waals surface area contributed by atoms with Crippen molar-refractivity contribution >= 4 is 44.0 Å². The van der Waals surface area contributed by atoms with E-state index >= 15 is 0 Å². The molecule has 0 radical (unpaired) electrons. The van der Waals surface area contributed by atoms with Crippen LogP contribution in [0.2, 0.25) is 0 Å². The maximum Gasteiger partial charge on any atom is 0.257 e. The fraction of sp³-hybridized carbons (Fsp3) is 0. The van der Waals surface area contributed by atoms with Crippen LogP contribution >= 0.6 is 15.9 Å². The standard InChI is InChI=1S/C16H12BrN3O/c17-15-14(6-3-7-19-15)20-16(21)12-8-10-4-1-2-5-11(10)9-13(12)18/h1-9H,18H2,(H,20,21). The van der Waals surface area contributed by atoms with Crippen molar-refractivity contribution in [1.29, 1.82) is 0 Å². The van der Waals surface area contributed by atoms with Gasteiger partial charge in [0, 0.05) is 11.9 Å². The number of hydrogen-bond donors (Lipinski definition) is 2. The van der Waals surface area contributed by atoms with E-state index in [9.17, 15) is 4.79 Å². The Kier molecular flexibility index (Phi) is 3.58. The Hall–Kier alpha value is -2.40.